The SMILES string of the molecule is CC(NC(=O)C1CCCN(C(=O)c2cccs2)C1)C(=O)N1CCS(=O)(=O)CC1. The fourth-order valence-corrected chi connectivity index (χ4v) is 5.42. The summed E-state index contributed by atoms with van der Waals surface area (Å²) in [7, 11) is -3.07. The molecule has 2 aliphatic heterocycles. The Balaban J connectivity index is 1.53. The van der Waals surface area contributed by atoms with E-state index in [9.17, 15) is 22.8 Å². The van der Waals surface area contributed by atoms with E-state index in [1.165, 1.54) is 16.2 Å². The van der Waals surface area contributed by atoms with Crippen molar-refractivity contribution < 1.29 is 22.8 Å². The molecule has 1 N–H and O–H groups in total. The Kier molecular flexibility index (Phi) is 6.39. The van der Waals surface area contributed by atoms with Crippen LogP contribution in [0.4, 0.5) is 0 Å². The average Bonchev–Trinajstić information content (AvgIpc) is 3.21. The molecule has 3 heterocycles. The van der Waals surface area contributed by atoms with E-state index in [0.717, 1.165) is 6.42 Å². The maximum Gasteiger partial charge on any atom is 0.263 e. The Morgan fingerprint density at radius 2 is 1.89 bits per heavy atom. The fourth-order valence-electron chi connectivity index (χ4n) is 3.53. The van der Waals surface area contributed by atoms with Gasteiger partial charge >= 0.3 is 0 Å². The van der Waals surface area contributed by atoms with Crippen molar-refractivity contribution in [1.82, 2.24) is 15.1 Å². The van der Waals surface area contributed by atoms with Crippen LogP contribution in [0.25, 0.3) is 0 Å². The maximum atomic E-state index is 12.6. The molecule has 0 aliphatic carbocycles. The van der Waals surface area contributed by atoms with Crippen LogP contribution in [0.2, 0.25) is 0 Å². The van der Waals surface area contributed by atoms with Gasteiger partial charge in [0.05, 0.1) is 22.3 Å². The van der Waals surface area contributed by atoms with E-state index in [0.29, 0.717) is 24.4 Å². The number of nitrogens with one attached hydrogen (secondary N) is 1. The third kappa shape index (κ3) is 4.91. The van der Waals surface area contributed by atoms with Crippen molar-refractivity contribution in [2.24, 2.45) is 5.92 Å². The first-order chi connectivity index (χ1) is 13.3. The van der Waals surface area contributed by atoms with Gasteiger partial charge in [-0.2, -0.15) is 0 Å². The van der Waals surface area contributed by atoms with E-state index in [1.54, 1.807) is 17.9 Å². The molecule has 0 spiro atoms. The van der Waals surface area contributed by atoms with Crippen LogP contribution in [0.15, 0.2) is 17.5 Å². The largest absolute Gasteiger partial charge is 0.344 e. The molecule has 8 nitrogen and oxygen atoms in total. The Morgan fingerprint density at radius 3 is 2.54 bits per heavy atom. The van der Waals surface area contributed by atoms with Crippen LogP contribution in [-0.4, -0.2) is 79.7 Å². The summed E-state index contributed by atoms with van der Waals surface area (Å²) >= 11 is 1.38. The molecular weight excluding hydrogens is 402 g/mol. The van der Waals surface area contributed by atoms with Crippen LogP contribution in [0.3, 0.4) is 0 Å². The van der Waals surface area contributed by atoms with Crippen LogP contribution >= 0.6 is 11.3 Å². The number of piperidine rings is 1. The molecule has 0 radical (unpaired) electrons. The van der Waals surface area contributed by atoms with Gasteiger partial charge in [0.15, 0.2) is 9.84 Å². The van der Waals surface area contributed by atoms with E-state index in [4.69, 9.17) is 0 Å². The van der Waals surface area contributed by atoms with Crippen LogP contribution in [-0.2, 0) is 19.4 Å². The lowest BCUT2D eigenvalue weighted by Crippen LogP contribution is -2.53. The lowest BCUT2D eigenvalue weighted by molar-refractivity contribution is -0.137. The van der Waals surface area contributed by atoms with Gasteiger partial charge in [-0.05, 0) is 31.2 Å². The fraction of sp³-hybridized carbons (Fsp3) is 0.611. The van der Waals surface area contributed by atoms with Gasteiger partial charge in [0, 0.05) is 26.2 Å². The smallest absolute Gasteiger partial charge is 0.263 e. The Labute approximate surface area is 168 Å². The third-order valence-corrected chi connectivity index (χ3v) is 7.66. The zero-order chi connectivity index (χ0) is 20.3. The second-order valence-corrected chi connectivity index (χ2v) is 10.5. The predicted molar refractivity (Wildman–Crippen MR) is 106 cm³/mol. The number of sulfone groups is 1. The molecule has 28 heavy (non-hydrogen) atoms. The van der Waals surface area contributed by atoms with E-state index < -0.39 is 15.9 Å². The molecule has 2 atom stereocenters. The van der Waals surface area contributed by atoms with Crippen molar-refractivity contribution in [2.45, 2.75) is 25.8 Å². The number of thiophene rings is 1. The molecule has 0 saturated carbocycles. The van der Waals surface area contributed by atoms with E-state index in [1.807, 2.05) is 11.4 Å². The van der Waals surface area contributed by atoms with E-state index in [-0.39, 0.29) is 48.2 Å². The van der Waals surface area contributed by atoms with Crippen molar-refractivity contribution >= 4 is 38.9 Å². The van der Waals surface area contributed by atoms with Crippen molar-refractivity contribution in [3.8, 4) is 0 Å². The number of likely N-dealkylation sites (tertiary alicyclic amines) is 1. The van der Waals surface area contributed by atoms with Crippen LogP contribution in [0.1, 0.15) is 29.4 Å². The van der Waals surface area contributed by atoms with Gasteiger partial charge in [-0.1, -0.05) is 6.07 Å². The Bertz CT molecular complexity index is 823. The normalized spacial score (nSPS) is 23.1. The van der Waals surface area contributed by atoms with Crippen molar-refractivity contribution in [3.05, 3.63) is 22.4 Å². The molecule has 2 aliphatic rings. The quantitative estimate of drug-likeness (QED) is 0.747. The number of hydrogen-bond acceptors (Lipinski definition) is 6. The summed E-state index contributed by atoms with van der Waals surface area (Å²) in [5.41, 5.74) is 0. The lowest BCUT2D eigenvalue weighted by atomic mass is 9.96. The highest BCUT2D eigenvalue weighted by Gasteiger charge is 2.32. The summed E-state index contributed by atoms with van der Waals surface area (Å²) in [6, 6.07) is 2.87. The van der Waals surface area contributed by atoms with Crippen molar-refractivity contribution in [2.75, 3.05) is 37.7 Å². The highest BCUT2D eigenvalue weighted by Crippen LogP contribution is 2.21. The molecule has 2 unspecified atom stereocenters. The summed E-state index contributed by atoms with van der Waals surface area (Å²) in [5, 5.41) is 4.59. The summed E-state index contributed by atoms with van der Waals surface area (Å²) in [6.07, 6.45) is 1.41. The van der Waals surface area contributed by atoms with Gasteiger partial charge in [0.1, 0.15) is 6.04 Å². The number of amides is 3. The van der Waals surface area contributed by atoms with Gasteiger partial charge in [-0.25, -0.2) is 8.42 Å². The number of rotatable bonds is 4. The third-order valence-electron chi connectivity index (χ3n) is 5.20. The summed E-state index contributed by atoms with van der Waals surface area (Å²) in [4.78, 5) is 41.5. The summed E-state index contributed by atoms with van der Waals surface area (Å²) in [5.74, 6) is -1.01. The molecule has 3 rings (SSSR count). The molecule has 2 fully saturated rings. The number of carbonyl (C=O) groups excluding carboxylic acids is 3. The molecule has 154 valence electrons. The molecule has 10 heteroatoms. The molecule has 2 saturated heterocycles. The van der Waals surface area contributed by atoms with Gasteiger partial charge < -0.3 is 15.1 Å². The van der Waals surface area contributed by atoms with Gasteiger partial charge in [-0.3, -0.25) is 14.4 Å². The standard InChI is InChI=1S/C18H25N3O5S2/c1-13(17(23)20-7-10-28(25,26)11-8-20)19-16(22)14-4-2-6-21(12-14)18(24)15-5-3-9-27-15/h3,5,9,13-14H,2,4,6-8,10-12H2,1H3,(H,19,22). The second-order valence-electron chi connectivity index (χ2n) is 7.28. The number of hydrogen-bond donors (Lipinski definition) is 1. The maximum absolute atomic E-state index is 12.6. The van der Waals surface area contributed by atoms with E-state index >= 15 is 0 Å². The first kappa shape index (κ1) is 20.8. The molecule has 1 aromatic heterocycles. The van der Waals surface area contributed by atoms with E-state index in [2.05, 4.69) is 5.32 Å². The lowest BCUT2D eigenvalue weighted by Gasteiger charge is -2.33. The molecule has 1 aromatic rings. The van der Waals surface area contributed by atoms with Crippen molar-refractivity contribution in [3.63, 3.8) is 0 Å². The minimum atomic E-state index is -3.07. The van der Waals surface area contributed by atoms with Crippen molar-refractivity contribution in [1.29, 1.82) is 0 Å². The highest BCUT2D eigenvalue weighted by atomic mass is 32.2. The monoisotopic (exact) mass is 427 g/mol. The summed E-state index contributed by atoms with van der Waals surface area (Å²) < 4.78 is 23.0. The minimum absolute atomic E-state index is 0.0399. The predicted octanol–water partition coefficient (Wildman–Crippen LogP) is 0.362. The van der Waals surface area contributed by atoms with Crippen LogP contribution in [0.5, 0.6) is 0 Å². The topological polar surface area (TPSA) is 104 Å². The van der Waals surface area contributed by atoms with Crippen LogP contribution in [0, 0.1) is 5.92 Å². The zero-order valence-electron chi connectivity index (χ0n) is 15.8. The molecular formula is C18H25N3O5S2. The minimum Gasteiger partial charge on any atom is -0.344 e. The Morgan fingerprint density at radius 1 is 1.18 bits per heavy atom. The van der Waals surface area contributed by atoms with Gasteiger partial charge in [0.2, 0.25) is 11.8 Å². The second kappa shape index (κ2) is 8.60. The zero-order valence-corrected chi connectivity index (χ0v) is 17.4. The van der Waals surface area contributed by atoms with Gasteiger partial charge in [0.25, 0.3) is 5.91 Å². The summed E-state index contributed by atoms with van der Waals surface area (Å²) in [6.45, 7) is 2.89. The molecule has 3 amide bonds. The number of nitrogens with zero attached hydrogens (tertiary/aromatic N) is 2. The molecule has 0 aromatic carbocycles. The average molecular weight is 428 g/mol. The van der Waals surface area contributed by atoms with Crippen LogP contribution < -0.4 is 5.32 Å². The molecule has 0 bridgehead atoms. The number of carbonyl (C=O) groups is 3. The first-order valence-electron chi connectivity index (χ1n) is 9.39. The first-order valence-corrected chi connectivity index (χ1v) is 12.1. The highest BCUT2D eigenvalue weighted by molar-refractivity contribution is 7.91. The Hall–Kier alpha value is -1.94. The van der Waals surface area contributed by atoms with Gasteiger partial charge in [-0.15, -0.1) is 11.3 Å².